The number of hydrogen-bond acceptors (Lipinski definition) is 5. The van der Waals surface area contributed by atoms with E-state index in [1.54, 1.807) is 24.5 Å². The summed E-state index contributed by atoms with van der Waals surface area (Å²) in [6, 6.07) is 6.62. The summed E-state index contributed by atoms with van der Waals surface area (Å²) in [7, 11) is 0. The number of halogens is 2. The lowest BCUT2D eigenvalue weighted by Crippen LogP contribution is -2.12. The summed E-state index contributed by atoms with van der Waals surface area (Å²) in [4.78, 5) is 16.5. The molecular formula is C18H15FINO4. The maximum Gasteiger partial charge on any atom is 0.223 e. The van der Waals surface area contributed by atoms with Gasteiger partial charge in [0.2, 0.25) is 5.78 Å². The number of carbonyl (C=O) groups is 1. The SMILES string of the molecule is O=C(COCCO)c1oc2ccncc2c1Cc1ccc(I)cc1F. The Hall–Kier alpha value is -1.84. The third kappa shape index (κ3) is 4.05. The minimum Gasteiger partial charge on any atom is -0.452 e. The summed E-state index contributed by atoms with van der Waals surface area (Å²) < 4.78 is 25.8. The number of ketones is 1. The number of furan rings is 1. The van der Waals surface area contributed by atoms with Crippen LogP contribution in [0.1, 0.15) is 21.7 Å². The van der Waals surface area contributed by atoms with Crippen molar-refractivity contribution in [1.82, 2.24) is 4.98 Å². The fourth-order valence-electron chi connectivity index (χ4n) is 2.54. The molecule has 1 N–H and O–H groups in total. The highest BCUT2D eigenvalue weighted by Crippen LogP contribution is 2.29. The number of hydrogen-bond donors (Lipinski definition) is 1. The minimum absolute atomic E-state index is 0.0641. The van der Waals surface area contributed by atoms with E-state index in [1.165, 1.54) is 6.07 Å². The molecular weight excluding hydrogens is 440 g/mol. The number of benzene rings is 1. The van der Waals surface area contributed by atoms with Crippen molar-refractivity contribution >= 4 is 39.3 Å². The zero-order chi connectivity index (χ0) is 17.8. The molecule has 7 heteroatoms. The van der Waals surface area contributed by atoms with Gasteiger partial charge in [0, 0.05) is 33.3 Å². The lowest BCUT2D eigenvalue weighted by molar-refractivity contribution is 0.0641. The molecule has 130 valence electrons. The lowest BCUT2D eigenvalue weighted by atomic mass is 10.0. The lowest BCUT2D eigenvalue weighted by Gasteiger charge is -2.06. The number of carbonyl (C=O) groups excluding carboxylic acids is 1. The van der Waals surface area contributed by atoms with Gasteiger partial charge in [0.15, 0.2) is 5.76 Å². The second-order valence-electron chi connectivity index (χ2n) is 5.39. The number of fused-ring (bicyclic) bond motifs is 1. The first kappa shape index (κ1) is 18.0. The van der Waals surface area contributed by atoms with Crippen molar-refractivity contribution in [1.29, 1.82) is 0 Å². The summed E-state index contributed by atoms with van der Waals surface area (Å²) >= 11 is 2.04. The molecule has 0 bridgehead atoms. The highest BCUT2D eigenvalue weighted by Gasteiger charge is 2.22. The monoisotopic (exact) mass is 455 g/mol. The molecule has 0 amide bonds. The van der Waals surface area contributed by atoms with E-state index >= 15 is 0 Å². The van der Waals surface area contributed by atoms with Gasteiger partial charge in [-0.3, -0.25) is 9.78 Å². The van der Waals surface area contributed by atoms with Crippen molar-refractivity contribution in [3.8, 4) is 0 Å². The number of aliphatic hydroxyl groups is 1. The van der Waals surface area contributed by atoms with E-state index in [0.29, 0.717) is 22.1 Å². The van der Waals surface area contributed by atoms with E-state index in [2.05, 4.69) is 4.98 Å². The first-order valence-electron chi connectivity index (χ1n) is 7.61. The van der Waals surface area contributed by atoms with E-state index in [-0.39, 0.29) is 43.6 Å². The topological polar surface area (TPSA) is 72.6 Å². The van der Waals surface area contributed by atoms with Gasteiger partial charge in [-0.05, 0) is 46.4 Å². The van der Waals surface area contributed by atoms with Crippen molar-refractivity contribution in [2.24, 2.45) is 0 Å². The predicted molar refractivity (Wildman–Crippen MR) is 98.2 cm³/mol. The van der Waals surface area contributed by atoms with Gasteiger partial charge in [0.1, 0.15) is 18.0 Å². The fraction of sp³-hybridized carbons (Fsp3) is 0.222. The third-order valence-electron chi connectivity index (χ3n) is 3.70. The summed E-state index contributed by atoms with van der Waals surface area (Å²) in [5, 5.41) is 9.43. The molecule has 1 aromatic carbocycles. The maximum atomic E-state index is 14.2. The smallest absolute Gasteiger partial charge is 0.223 e. The standard InChI is InChI=1S/C18H15FINO4/c19-15-8-12(20)2-1-11(15)7-13-14-9-21-4-3-17(14)25-18(13)16(23)10-24-6-5-22/h1-4,8-9,22H,5-7,10H2. The van der Waals surface area contributed by atoms with Crippen LogP contribution in [0.25, 0.3) is 11.0 Å². The quantitative estimate of drug-likeness (QED) is 0.336. The van der Waals surface area contributed by atoms with E-state index in [0.717, 1.165) is 3.57 Å². The Morgan fingerprint density at radius 1 is 1.36 bits per heavy atom. The van der Waals surface area contributed by atoms with Crippen molar-refractivity contribution in [3.05, 3.63) is 62.9 Å². The molecule has 0 saturated heterocycles. The Morgan fingerprint density at radius 3 is 2.96 bits per heavy atom. The summed E-state index contributed by atoms with van der Waals surface area (Å²) in [6.07, 6.45) is 3.38. The molecule has 0 unspecified atom stereocenters. The molecule has 25 heavy (non-hydrogen) atoms. The van der Waals surface area contributed by atoms with E-state index < -0.39 is 0 Å². The van der Waals surface area contributed by atoms with Gasteiger partial charge in [0.25, 0.3) is 0 Å². The van der Waals surface area contributed by atoms with E-state index in [1.807, 2.05) is 28.7 Å². The van der Waals surface area contributed by atoms with Crippen LogP contribution in [-0.4, -0.2) is 35.7 Å². The Kier molecular flexibility index (Phi) is 5.77. The van der Waals surface area contributed by atoms with Gasteiger partial charge in [-0.1, -0.05) is 6.07 Å². The molecule has 2 aromatic heterocycles. The Bertz CT molecular complexity index is 909. The molecule has 0 fully saturated rings. The van der Waals surface area contributed by atoms with Crippen LogP contribution in [0.5, 0.6) is 0 Å². The number of nitrogens with zero attached hydrogens (tertiary/aromatic N) is 1. The highest BCUT2D eigenvalue weighted by atomic mass is 127. The first-order chi connectivity index (χ1) is 12.1. The zero-order valence-corrected chi connectivity index (χ0v) is 15.3. The predicted octanol–water partition coefficient (Wildman–Crippen LogP) is 3.35. The number of pyridine rings is 1. The van der Waals surface area contributed by atoms with Crippen molar-refractivity contribution in [2.45, 2.75) is 6.42 Å². The van der Waals surface area contributed by atoms with Crippen LogP contribution in [0.2, 0.25) is 0 Å². The van der Waals surface area contributed by atoms with Crippen LogP contribution < -0.4 is 0 Å². The minimum atomic E-state index is -0.356. The fourth-order valence-corrected chi connectivity index (χ4v) is 3.00. The average Bonchev–Trinajstić information content (AvgIpc) is 2.96. The second-order valence-corrected chi connectivity index (χ2v) is 6.64. The van der Waals surface area contributed by atoms with Crippen LogP contribution in [0.4, 0.5) is 4.39 Å². The van der Waals surface area contributed by atoms with E-state index in [4.69, 9.17) is 14.3 Å². The van der Waals surface area contributed by atoms with Crippen LogP contribution >= 0.6 is 22.6 Å². The molecule has 0 aliphatic rings. The summed E-state index contributed by atoms with van der Waals surface area (Å²) in [5.74, 6) is -0.551. The highest BCUT2D eigenvalue weighted by molar-refractivity contribution is 14.1. The van der Waals surface area contributed by atoms with Crippen LogP contribution in [0.15, 0.2) is 41.1 Å². The molecule has 0 aliphatic carbocycles. The van der Waals surface area contributed by atoms with Crippen molar-refractivity contribution in [3.63, 3.8) is 0 Å². The summed E-state index contributed by atoms with van der Waals surface area (Å²) in [5.41, 5.74) is 1.57. The van der Waals surface area contributed by atoms with Crippen molar-refractivity contribution < 1.29 is 23.4 Å². The molecule has 0 spiro atoms. The number of Topliss-reactive ketones (excluding diaryl/α,β-unsaturated/α-hetero) is 1. The number of rotatable bonds is 7. The van der Waals surface area contributed by atoms with Gasteiger partial charge in [-0.2, -0.15) is 0 Å². The van der Waals surface area contributed by atoms with Gasteiger partial charge in [0.05, 0.1) is 13.2 Å². The molecule has 0 atom stereocenters. The molecule has 0 aliphatic heterocycles. The zero-order valence-electron chi connectivity index (χ0n) is 13.2. The van der Waals surface area contributed by atoms with Crippen molar-refractivity contribution in [2.75, 3.05) is 19.8 Å². The third-order valence-corrected chi connectivity index (χ3v) is 4.37. The number of aromatic nitrogens is 1. The summed E-state index contributed by atoms with van der Waals surface area (Å²) in [6.45, 7) is -0.317. The van der Waals surface area contributed by atoms with Gasteiger partial charge in [-0.15, -0.1) is 0 Å². The van der Waals surface area contributed by atoms with Crippen LogP contribution in [0, 0.1) is 9.39 Å². The largest absolute Gasteiger partial charge is 0.452 e. The van der Waals surface area contributed by atoms with Crippen LogP contribution in [0.3, 0.4) is 0 Å². The molecule has 3 aromatic rings. The molecule has 0 radical (unpaired) electrons. The van der Waals surface area contributed by atoms with Gasteiger partial charge in [-0.25, -0.2) is 4.39 Å². The molecule has 5 nitrogen and oxygen atoms in total. The number of ether oxygens (including phenoxy) is 1. The molecule has 3 rings (SSSR count). The second kappa shape index (κ2) is 8.03. The molecule has 2 heterocycles. The normalized spacial score (nSPS) is 11.2. The Morgan fingerprint density at radius 2 is 2.20 bits per heavy atom. The van der Waals surface area contributed by atoms with Gasteiger partial charge < -0.3 is 14.3 Å². The Labute approximate surface area is 157 Å². The Balaban J connectivity index is 1.99. The maximum absolute atomic E-state index is 14.2. The van der Waals surface area contributed by atoms with E-state index in [9.17, 15) is 9.18 Å². The van der Waals surface area contributed by atoms with Crippen LogP contribution in [-0.2, 0) is 11.2 Å². The first-order valence-corrected chi connectivity index (χ1v) is 8.69. The van der Waals surface area contributed by atoms with Gasteiger partial charge >= 0.3 is 0 Å². The average molecular weight is 455 g/mol. The molecule has 0 saturated carbocycles. The number of aliphatic hydroxyl groups excluding tert-OH is 1.